The minimum absolute atomic E-state index is 0.104. The van der Waals surface area contributed by atoms with Crippen LogP contribution >= 0.6 is 0 Å². The third-order valence-corrected chi connectivity index (χ3v) is 4.25. The lowest BCUT2D eigenvalue weighted by Gasteiger charge is -2.37. The summed E-state index contributed by atoms with van der Waals surface area (Å²) >= 11 is 0. The molecule has 0 radical (unpaired) electrons. The zero-order valence-electron chi connectivity index (χ0n) is 15.2. The number of likely N-dealkylation sites (tertiary alicyclic amines) is 1. The Kier molecular flexibility index (Phi) is 5.91. The number of rotatable bonds is 4. The van der Waals surface area contributed by atoms with E-state index in [-0.39, 0.29) is 17.5 Å². The van der Waals surface area contributed by atoms with E-state index < -0.39 is 12.1 Å². The molecular weight excluding hydrogens is 306 g/mol. The monoisotopic (exact) mass is 333 g/mol. The topological polar surface area (TPSA) is 72.4 Å². The Morgan fingerprint density at radius 1 is 1.17 bits per heavy atom. The first kappa shape index (κ1) is 18.4. The molecule has 1 fully saturated rings. The summed E-state index contributed by atoms with van der Waals surface area (Å²) in [6.07, 6.45) is 3.22. The molecule has 0 aliphatic carbocycles. The number of nitrogens with zero attached hydrogens (tertiary/aromatic N) is 3. The summed E-state index contributed by atoms with van der Waals surface area (Å²) in [7, 11) is 0. The van der Waals surface area contributed by atoms with Crippen molar-refractivity contribution >= 4 is 11.9 Å². The summed E-state index contributed by atoms with van der Waals surface area (Å²) in [5, 5.41) is 0. The summed E-state index contributed by atoms with van der Waals surface area (Å²) in [6, 6.07) is 0. The van der Waals surface area contributed by atoms with Crippen LogP contribution in [0.15, 0.2) is 12.4 Å². The van der Waals surface area contributed by atoms with Crippen LogP contribution in [0.3, 0.4) is 0 Å². The zero-order valence-corrected chi connectivity index (χ0v) is 15.2. The number of hydrogen-bond donors (Lipinski definition) is 0. The fourth-order valence-electron chi connectivity index (χ4n) is 3.17. The minimum Gasteiger partial charge on any atom is -0.447 e. The summed E-state index contributed by atoms with van der Waals surface area (Å²) < 4.78 is 5.49. The van der Waals surface area contributed by atoms with E-state index in [1.165, 1.54) is 12.4 Å². The normalized spacial score (nSPS) is 22.3. The van der Waals surface area contributed by atoms with Gasteiger partial charge in [0, 0.05) is 19.3 Å². The van der Waals surface area contributed by atoms with Crippen molar-refractivity contribution in [3.8, 4) is 0 Å². The average Bonchev–Trinajstić information content (AvgIpc) is 2.51. The van der Waals surface area contributed by atoms with Gasteiger partial charge in [0.1, 0.15) is 0 Å². The quantitative estimate of drug-likeness (QED) is 0.792. The van der Waals surface area contributed by atoms with Crippen LogP contribution < -0.4 is 0 Å². The molecular formula is C18H27N3O3. The Balaban J connectivity index is 2.09. The molecule has 6 nitrogen and oxygen atoms in total. The summed E-state index contributed by atoms with van der Waals surface area (Å²) in [6.45, 7) is 11.3. The molecule has 0 aromatic carbocycles. The molecule has 1 aromatic rings. The lowest BCUT2D eigenvalue weighted by Crippen LogP contribution is -2.49. The van der Waals surface area contributed by atoms with Crippen molar-refractivity contribution in [3.05, 3.63) is 23.8 Å². The van der Waals surface area contributed by atoms with Crippen LogP contribution in [0.4, 0.5) is 0 Å². The fourth-order valence-corrected chi connectivity index (χ4v) is 3.17. The van der Waals surface area contributed by atoms with Crippen LogP contribution in [0.5, 0.6) is 0 Å². The van der Waals surface area contributed by atoms with Crippen molar-refractivity contribution in [2.45, 2.75) is 47.1 Å². The largest absolute Gasteiger partial charge is 0.447 e. The highest BCUT2D eigenvalue weighted by molar-refractivity contribution is 5.90. The molecule has 0 saturated carbocycles. The number of amides is 1. The highest BCUT2D eigenvalue weighted by Gasteiger charge is 2.34. The maximum absolute atomic E-state index is 12.9. The minimum atomic E-state index is -0.793. The van der Waals surface area contributed by atoms with Crippen LogP contribution in [-0.4, -0.2) is 45.9 Å². The van der Waals surface area contributed by atoms with Crippen LogP contribution in [0.1, 0.15) is 50.3 Å². The SMILES string of the molecule is Cc1cnc(C(=O)O[C@H](C(=O)N2C[C@@H](C)C[C@H](C)C2)C(C)C)cn1. The first-order valence-electron chi connectivity index (χ1n) is 8.56. The molecule has 132 valence electrons. The molecule has 24 heavy (non-hydrogen) atoms. The molecule has 0 N–H and O–H groups in total. The standard InChI is InChI=1S/C18H27N3O3/c1-11(2)16(17(22)21-9-12(3)6-13(4)10-21)24-18(23)15-8-19-14(5)7-20-15/h7-8,11-13,16H,6,9-10H2,1-5H3/t12-,13-,16-/m0/s1. The second-order valence-corrected chi connectivity index (χ2v) is 7.30. The Hall–Kier alpha value is -1.98. The van der Waals surface area contributed by atoms with E-state index in [2.05, 4.69) is 23.8 Å². The molecule has 3 atom stereocenters. The predicted octanol–water partition coefficient (Wildman–Crippen LogP) is 2.47. The third kappa shape index (κ3) is 4.52. The number of piperidine rings is 1. The number of esters is 1. The van der Waals surface area contributed by atoms with E-state index >= 15 is 0 Å². The lowest BCUT2D eigenvalue weighted by atomic mass is 9.91. The van der Waals surface area contributed by atoms with Gasteiger partial charge in [-0.3, -0.25) is 9.78 Å². The summed E-state index contributed by atoms with van der Waals surface area (Å²) in [4.78, 5) is 35.1. The van der Waals surface area contributed by atoms with Gasteiger partial charge >= 0.3 is 5.97 Å². The number of ether oxygens (including phenoxy) is 1. The maximum atomic E-state index is 12.9. The summed E-state index contributed by atoms with van der Waals surface area (Å²) in [5.41, 5.74) is 0.846. The molecule has 0 unspecified atom stereocenters. The summed E-state index contributed by atoms with van der Waals surface area (Å²) in [5.74, 6) is 0.102. The number of hydrogen-bond acceptors (Lipinski definition) is 5. The molecule has 0 spiro atoms. The lowest BCUT2D eigenvalue weighted by molar-refractivity contribution is -0.145. The number of aromatic nitrogens is 2. The van der Waals surface area contributed by atoms with E-state index in [0.717, 1.165) is 12.1 Å². The third-order valence-electron chi connectivity index (χ3n) is 4.25. The van der Waals surface area contributed by atoms with E-state index in [0.29, 0.717) is 24.9 Å². The Morgan fingerprint density at radius 3 is 2.29 bits per heavy atom. The van der Waals surface area contributed by atoms with Gasteiger partial charge in [0.05, 0.1) is 11.9 Å². The first-order valence-corrected chi connectivity index (χ1v) is 8.56. The Labute approximate surface area is 143 Å². The smallest absolute Gasteiger partial charge is 0.359 e. The van der Waals surface area contributed by atoms with Crippen molar-refractivity contribution < 1.29 is 14.3 Å². The molecule has 1 aliphatic rings. The molecule has 1 saturated heterocycles. The fraction of sp³-hybridized carbons (Fsp3) is 0.667. The van der Waals surface area contributed by atoms with Crippen molar-refractivity contribution in [1.82, 2.24) is 14.9 Å². The Bertz CT molecular complexity index is 576. The second-order valence-electron chi connectivity index (χ2n) is 7.30. The second kappa shape index (κ2) is 7.73. The van der Waals surface area contributed by atoms with Gasteiger partial charge in [-0.2, -0.15) is 0 Å². The van der Waals surface area contributed by atoms with Crippen molar-refractivity contribution in [1.29, 1.82) is 0 Å². The van der Waals surface area contributed by atoms with Gasteiger partial charge in [0.15, 0.2) is 11.8 Å². The van der Waals surface area contributed by atoms with Crippen molar-refractivity contribution in [3.63, 3.8) is 0 Å². The van der Waals surface area contributed by atoms with Crippen LogP contribution in [-0.2, 0) is 9.53 Å². The highest BCUT2D eigenvalue weighted by Crippen LogP contribution is 2.23. The number of aryl methyl sites for hydroxylation is 1. The maximum Gasteiger partial charge on any atom is 0.359 e. The van der Waals surface area contributed by atoms with Gasteiger partial charge in [0.2, 0.25) is 0 Å². The van der Waals surface area contributed by atoms with E-state index in [9.17, 15) is 9.59 Å². The molecule has 2 rings (SSSR count). The predicted molar refractivity (Wildman–Crippen MR) is 90.3 cm³/mol. The van der Waals surface area contributed by atoms with E-state index in [4.69, 9.17) is 4.74 Å². The zero-order chi connectivity index (χ0) is 17.9. The number of carbonyl (C=O) groups excluding carboxylic acids is 2. The van der Waals surface area contributed by atoms with Crippen molar-refractivity contribution in [2.75, 3.05) is 13.1 Å². The number of carbonyl (C=O) groups is 2. The molecule has 1 amide bonds. The van der Waals surface area contributed by atoms with Crippen molar-refractivity contribution in [2.24, 2.45) is 17.8 Å². The molecule has 6 heteroatoms. The Morgan fingerprint density at radius 2 is 1.79 bits per heavy atom. The highest BCUT2D eigenvalue weighted by atomic mass is 16.5. The average molecular weight is 333 g/mol. The van der Waals surface area contributed by atoms with E-state index in [1.54, 1.807) is 6.92 Å². The van der Waals surface area contributed by atoms with Crippen LogP contribution in [0, 0.1) is 24.7 Å². The molecule has 0 bridgehead atoms. The first-order chi connectivity index (χ1) is 11.3. The van der Waals surface area contributed by atoms with Gasteiger partial charge in [0.25, 0.3) is 5.91 Å². The van der Waals surface area contributed by atoms with Gasteiger partial charge < -0.3 is 9.64 Å². The molecule has 1 aliphatic heterocycles. The van der Waals surface area contributed by atoms with Gasteiger partial charge in [-0.25, -0.2) is 9.78 Å². The van der Waals surface area contributed by atoms with Gasteiger partial charge in [-0.05, 0) is 31.1 Å². The van der Waals surface area contributed by atoms with Crippen LogP contribution in [0.25, 0.3) is 0 Å². The molecule has 1 aromatic heterocycles. The molecule has 2 heterocycles. The van der Waals surface area contributed by atoms with Gasteiger partial charge in [-0.15, -0.1) is 0 Å². The van der Waals surface area contributed by atoms with Gasteiger partial charge in [-0.1, -0.05) is 27.7 Å². The van der Waals surface area contributed by atoms with Crippen LogP contribution in [0.2, 0.25) is 0 Å². The van der Waals surface area contributed by atoms with E-state index in [1.807, 2.05) is 18.7 Å².